The molecule has 0 saturated carbocycles. The highest BCUT2D eigenvalue weighted by molar-refractivity contribution is 6.08. The Morgan fingerprint density at radius 1 is 1.12 bits per heavy atom. The fraction of sp³-hybridized carbons (Fsp3) is 0.250. The zero-order valence-electron chi connectivity index (χ0n) is 12.2. The zero-order valence-corrected chi connectivity index (χ0v) is 12.2. The van der Waals surface area contributed by atoms with Gasteiger partial charge >= 0.3 is 0 Å². The molecule has 126 valence electrons. The number of fused-ring (bicyclic) bond motifs is 1. The van der Waals surface area contributed by atoms with E-state index in [9.17, 15) is 27.5 Å². The zero-order chi connectivity index (χ0) is 17.5. The maximum atomic E-state index is 13.2. The Kier molecular flexibility index (Phi) is 4.00. The summed E-state index contributed by atoms with van der Waals surface area (Å²) in [5.41, 5.74) is -4.04. The van der Waals surface area contributed by atoms with Crippen molar-refractivity contribution < 1.29 is 27.5 Å². The number of halogens is 4. The summed E-state index contributed by atoms with van der Waals surface area (Å²) in [5, 5.41) is 14.5. The number of benzene rings is 2. The number of alkyl halides is 4. The molecule has 1 aliphatic heterocycles. The summed E-state index contributed by atoms with van der Waals surface area (Å²) in [7, 11) is 0. The van der Waals surface area contributed by atoms with Crippen molar-refractivity contribution in [3.05, 3.63) is 48.0 Å². The second-order valence-corrected chi connectivity index (χ2v) is 5.39. The van der Waals surface area contributed by atoms with Crippen LogP contribution in [0.15, 0.2) is 47.6 Å². The number of nitrogens with zero attached hydrogens (tertiary/aromatic N) is 2. The lowest BCUT2D eigenvalue weighted by atomic mass is 10.0. The van der Waals surface area contributed by atoms with Crippen LogP contribution in [0, 0.1) is 0 Å². The molecule has 8 heteroatoms. The van der Waals surface area contributed by atoms with E-state index in [1.54, 1.807) is 30.3 Å². The first kappa shape index (κ1) is 16.4. The van der Waals surface area contributed by atoms with Gasteiger partial charge in [0.1, 0.15) is 5.71 Å². The van der Waals surface area contributed by atoms with E-state index in [0.29, 0.717) is 10.8 Å². The van der Waals surface area contributed by atoms with Crippen molar-refractivity contribution in [1.82, 2.24) is 5.01 Å². The van der Waals surface area contributed by atoms with Gasteiger partial charge in [0.2, 0.25) is 5.72 Å². The summed E-state index contributed by atoms with van der Waals surface area (Å²) in [6.07, 6.45) is -7.68. The number of aliphatic hydroxyl groups is 1. The summed E-state index contributed by atoms with van der Waals surface area (Å²) in [5.74, 6) is -1.06. The largest absolute Gasteiger partial charge is 0.364 e. The molecule has 1 aliphatic rings. The van der Waals surface area contributed by atoms with Crippen LogP contribution >= 0.6 is 0 Å². The van der Waals surface area contributed by atoms with E-state index < -0.39 is 36.6 Å². The highest BCUT2D eigenvalue weighted by atomic mass is 19.3. The monoisotopic (exact) mass is 340 g/mol. The molecule has 1 unspecified atom stereocenters. The maximum absolute atomic E-state index is 13.2. The second-order valence-electron chi connectivity index (χ2n) is 5.39. The molecular formula is C16H12F4N2O2. The predicted octanol–water partition coefficient (Wildman–Crippen LogP) is 3.26. The fourth-order valence-electron chi connectivity index (χ4n) is 2.63. The third-order valence-electron chi connectivity index (χ3n) is 3.85. The molecule has 0 spiro atoms. The van der Waals surface area contributed by atoms with Gasteiger partial charge in [-0.05, 0) is 16.8 Å². The van der Waals surface area contributed by atoms with Crippen molar-refractivity contribution in [2.24, 2.45) is 5.10 Å². The number of hydrogen-bond acceptors (Lipinski definition) is 3. The smallest absolute Gasteiger partial charge is 0.287 e. The lowest BCUT2D eigenvalue weighted by Crippen LogP contribution is -2.51. The van der Waals surface area contributed by atoms with Crippen LogP contribution in [0.2, 0.25) is 0 Å². The SMILES string of the molecule is O=C(c1cccc2ccccc12)N1N=C(C(F)F)CC1(O)C(F)F. The van der Waals surface area contributed by atoms with Gasteiger partial charge < -0.3 is 5.11 Å². The number of carbonyl (C=O) groups is 1. The standard InChI is InChI=1S/C16H12F4N2O2/c17-13(18)12-8-16(24,15(19)20)22(21-12)14(23)11-7-3-5-9-4-1-2-6-10(9)11/h1-7,13,15,24H,8H2. The Morgan fingerprint density at radius 2 is 1.79 bits per heavy atom. The maximum Gasteiger partial charge on any atom is 0.287 e. The number of amides is 1. The van der Waals surface area contributed by atoms with Crippen LogP contribution in [0.25, 0.3) is 10.8 Å². The first-order chi connectivity index (χ1) is 11.3. The molecule has 1 atom stereocenters. The van der Waals surface area contributed by atoms with Crippen molar-refractivity contribution in [3.8, 4) is 0 Å². The average Bonchev–Trinajstić information content (AvgIpc) is 2.93. The van der Waals surface area contributed by atoms with E-state index in [-0.39, 0.29) is 10.6 Å². The van der Waals surface area contributed by atoms with Crippen molar-refractivity contribution in [2.75, 3.05) is 0 Å². The van der Waals surface area contributed by atoms with Crippen LogP contribution < -0.4 is 0 Å². The van der Waals surface area contributed by atoms with Gasteiger partial charge in [-0.3, -0.25) is 4.79 Å². The predicted molar refractivity (Wildman–Crippen MR) is 79.1 cm³/mol. The highest BCUT2D eigenvalue weighted by Gasteiger charge is 2.53. The van der Waals surface area contributed by atoms with Gasteiger partial charge in [0.15, 0.2) is 0 Å². The number of rotatable bonds is 3. The minimum atomic E-state index is -3.45. The summed E-state index contributed by atoms with van der Waals surface area (Å²) in [6.45, 7) is 0. The Bertz CT molecular complexity index is 819. The van der Waals surface area contributed by atoms with Gasteiger partial charge in [-0.25, -0.2) is 17.6 Å². The molecule has 3 rings (SSSR count). The van der Waals surface area contributed by atoms with E-state index in [1.807, 2.05) is 0 Å². The summed E-state index contributed by atoms with van der Waals surface area (Å²) in [6, 6.07) is 11.3. The molecule has 0 aromatic heterocycles. The van der Waals surface area contributed by atoms with Crippen molar-refractivity contribution >= 4 is 22.4 Å². The lowest BCUT2D eigenvalue weighted by molar-refractivity contribution is -0.164. The van der Waals surface area contributed by atoms with E-state index in [4.69, 9.17) is 0 Å². The highest BCUT2D eigenvalue weighted by Crippen LogP contribution is 2.35. The summed E-state index contributed by atoms with van der Waals surface area (Å²) < 4.78 is 52.1. The van der Waals surface area contributed by atoms with Crippen molar-refractivity contribution in [2.45, 2.75) is 25.0 Å². The third kappa shape index (κ3) is 2.52. The molecule has 24 heavy (non-hydrogen) atoms. The van der Waals surface area contributed by atoms with Crippen LogP contribution in [-0.4, -0.2) is 40.3 Å². The van der Waals surface area contributed by atoms with Gasteiger partial charge in [0.25, 0.3) is 18.8 Å². The summed E-state index contributed by atoms with van der Waals surface area (Å²) >= 11 is 0. The minimum Gasteiger partial charge on any atom is -0.364 e. The van der Waals surface area contributed by atoms with Gasteiger partial charge in [-0.15, -0.1) is 0 Å². The van der Waals surface area contributed by atoms with Crippen LogP contribution in [0.1, 0.15) is 16.8 Å². The van der Waals surface area contributed by atoms with Crippen molar-refractivity contribution in [3.63, 3.8) is 0 Å². The Labute approximate surface area is 134 Å². The molecule has 4 nitrogen and oxygen atoms in total. The minimum absolute atomic E-state index is 0.00792. The number of carbonyl (C=O) groups excluding carboxylic acids is 1. The van der Waals surface area contributed by atoms with Crippen LogP contribution in [0.5, 0.6) is 0 Å². The molecule has 0 radical (unpaired) electrons. The van der Waals surface area contributed by atoms with E-state index in [0.717, 1.165) is 0 Å². The molecule has 2 aromatic rings. The van der Waals surface area contributed by atoms with Crippen LogP contribution in [0.4, 0.5) is 17.6 Å². The van der Waals surface area contributed by atoms with Crippen LogP contribution in [0.3, 0.4) is 0 Å². The molecule has 0 saturated heterocycles. The fourth-order valence-corrected chi connectivity index (χ4v) is 2.63. The molecule has 1 amide bonds. The van der Waals surface area contributed by atoms with Gasteiger partial charge in [0, 0.05) is 12.0 Å². The topological polar surface area (TPSA) is 52.9 Å². The van der Waals surface area contributed by atoms with Gasteiger partial charge in [-0.1, -0.05) is 36.4 Å². The van der Waals surface area contributed by atoms with E-state index >= 15 is 0 Å². The molecule has 2 aromatic carbocycles. The van der Waals surface area contributed by atoms with Gasteiger partial charge in [0.05, 0.1) is 0 Å². The molecule has 0 fully saturated rings. The normalized spacial score (nSPS) is 21.0. The molecule has 0 bridgehead atoms. The first-order valence-corrected chi connectivity index (χ1v) is 7.03. The number of hydrogen-bond donors (Lipinski definition) is 1. The second kappa shape index (κ2) is 5.86. The summed E-state index contributed by atoms with van der Waals surface area (Å²) in [4.78, 5) is 12.6. The Balaban J connectivity index is 2.09. The molecule has 0 aliphatic carbocycles. The van der Waals surface area contributed by atoms with Gasteiger partial charge in [-0.2, -0.15) is 10.1 Å². The average molecular weight is 340 g/mol. The Hall–Kier alpha value is -2.48. The van der Waals surface area contributed by atoms with Crippen molar-refractivity contribution in [1.29, 1.82) is 0 Å². The number of hydrazone groups is 1. The molecule has 1 N–H and O–H groups in total. The quantitative estimate of drug-likeness (QED) is 0.872. The first-order valence-electron chi connectivity index (χ1n) is 7.03. The van der Waals surface area contributed by atoms with E-state index in [2.05, 4.69) is 5.10 Å². The Morgan fingerprint density at radius 3 is 2.46 bits per heavy atom. The lowest BCUT2D eigenvalue weighted by Gasteiger charge is -2.30. The van der Waals surface area contributed by atoms with E-state index in [1.165, 1.54) is 12.1 Å². The van der Waals surface area contributed by atoms with Crippen LogP contribution in [-0.2, 0) is 0 Å². The molecular weight excluding hydrogens is 328 g/mol. The third-order valence-corrected chi connectivity index (χ3v) is 3.85. The molecule has 1 heterocycles.